The van der Waals surface area contributed by atoms with Crippen molar-refractivity contribution in [2.45, 2.75) is 13.8 Å². The molecule has 0 spiro atoms. The number of nitrogens with zero attached hydrogens (tertiary/aromatic N) is 3. The molecule has 0 unspecified atom stereocenters. The van der Waals surface area contributed by atoms with Crippen LogP contribution in [-0.2, 0) is 4.79 Å². The number of hydrogen-bond donors (Lipinski definition) is 1. The van der Waals surface area contributed by atoms with Gasteiger partial charge in [-0.25, -0.2) is 4.98 Å². The third-order valence-electron chi connectivity index (χ3n) is 3.60. The van der Waals surface area contributed by atoms with E-state index in [0.29, 0.717) is 22.6 Å². The Balaban J connectivity index is 1.66. The Kier molecular flexibility index (Phi) is 4.34. The number of hydrogen-bond acceptors (Lipinski definition) is 5. The zero-order valence-corrected chi connectivity index (χ0v) is 13.7. The first-order valence-electron chi connectivity index (χ1n) is 7.56. The van der Waals surface area contributed by atoms with Crippen molar-refractivity contribution in [1.29, 1.82) is 0 Å². The predicted octanol–water partition coefficient (Wildman–Crippen LogP) is 2.88. The maximum Gasteiger partial charge on any atom is 0.272 e. The van der Waals surface area contributed by atoms with E-state index in [1.165, 1.54) is 12.1 Å². The van der Waals surface area contributed by atoms with Gasteiger partial charge in [-0.1, -0.05) is 0 Å². The van der Waals surface area contributed by atoms with Crippen LogP contribution >= 0.6 is 0 Å². The van der Waals surface area contributed by atoms with Gasteiger partial charge < -0.3 is 14.5 Å². The van der Waals surface area contributed by atoms with Gasteiger partial charge in [-0.05, 0) is 38.1 Å². The van der Waals surface area contributed by atoms with Gasteiger partial charge in [0.15, 0.2) is 18.0 Å². The molecule has 8 heteroatoms. The summed E-state index contributed by atoms with van der Waals surface area (Å²) in [6, 6.07) is 7.95. The zero-order chi connectivity index (χ0) is 18.0. The molecular weight excluding hydrogens is 324 g/mol. The summed E-state index contributed by atoms with van der Waals surface area (Å²) in [6.07, 6.45) is 3.71. The topological polar surface area (TPSA) is 98.8 Å². The van der Waals surface area contributed by atoms with Crippen molar-refractivity contribution in [3.05, 3.63) is 64.1 Å². The first-order valence-corrected chi connectivity index (χ1v) is 7.56. The molecule has 1 N–H and O–H groups in total. The summed E-state index contributed by atoms with van der Waals surface area (Å²) in [7, 11) is 0. The van der Waals surface area contributed by atoms with Crippen LogP contribution in [0.2, 0.25) is 0 Å². The van der Waals surface area contributed by atoms with Crippen molar-refractivity contribution >= 4 is 22.9 Å². The van der Waals surface area contributed by atoms with E-state index in [0.717, 1.165) is 5.69 Å². The average molecular weight is 340 g/mol. The number of nitro benzene ring substituents is 1. The lowest BCUT2D eigenvalue weighted by molar-refractivity contribution is -0.385. The van der Waals surface area contributed by atoms with Crippen LogP contribution in [0, 0.1) is 24.0 Å². The van der Waals surface area contributed by atoms with Gasteiger partial charge in [-0.2, -0.15) is 0 Å². The van der Waals surface area contributed by atoms with Crippen LogP contribution in [0.5, 0.6) is 5.75 Å². The van der Waals surface area contributed by atoms with Gasteiger partial charge in [0.05, 0.1) is 10.6 Å². The number of benzene rings is 1. The van der Waals surface area contributed by atoms with Crippen LogP contribution in [-0.4, -0.2) is 26.8 Å². The molecule has 0 fully saturated rings. The highest BCUT2D eigenvalue weighted by atomic mass is 16.6. The molecular formula is C17H16N4O4. The monoisotopic (exact) mass is 340 g/mol. The summed E-state index contributed by atoms with van der Waals surface area (Å²) in [5, 5.41) is 13.5. The summed E-state index contributed by atoms with van der Waals surface area (Å²) in [5.74, 6) is 0.143. The van der Waals surface area contributed by atoms with Crippen LogP contribution in [0.4, 0.5) is 11.4 Å². The SMILES string of the molecule is Cc1cn2cccc(OCC(=O)Nc3ccc([N+](=O)[O-])c(C)c3)c2n1. The molecule has 0 bridgehead atoms. The summed E-state index contributed by atoms with van der Waals surface area (Å²) in [6.45, 7) is 3.30. The molecule has 0 aliphatic rings. The number of nitro groups is 1. The summed E-state index contributed by atoms with van der Waals surface area (Å²) in [4.78, 5) is 26.8. The highest BCUT2D eigenvalue weighted by molar-refractivity contribution is 5.92. The second-order valence-corrected chi connectivity index (χ2v) is 5.58. The molecule has 0 atom stereocenters. The minimum atomic E-state index is -0.461. The maximum atomic E-state index is 12.1. The fourth-order valence-corrected chi connectivity index (χ4v) is 2.50. The van der Waals surface area contributed by atoms with Gasteiger partial charge in [-0.3, -0.25) is 14.9 Å². The molecule has 0 radical (unpaired) electrons. The zero-order valence-electron chi connectivity index (χ0n) is 13.7. The van der Waals surface area contributed by atoms with Gasteiger partial charge in [-0.15, -0.1) is 0 Å². The normalized spacial score (nSPS) is 10.6. The second-order valence-electron chi connectivity index (χ2n) is 5.58. The van der Waals surface area contributed by atoms with E-state index in [-0.39, 0.29) is 18.2 Å². The van der Waals surface area contributed by atoms with Crippen molar-refractivity contribution < 1.29 is 14.5 Å². The van der Waals surface area contributed by atoms with E-state index in [4.69, 9.17) is 4.74 Å². The molecule has 0 saturated heterocycles. The number of aryl methyl sites for hydroxylation is 2. The smallest absolute Gasteiger partial charge is 0.272 e. The van der Waals surface area contributed by atoms with Crippen molar-refractivity contribution in [2.75, 3.05) is 11.9 Å². The van der Waals surface area contributed by atoms with Gasteiger partial charge >= 0.3 is 0 Å². The molecule has 1 aromatic carbocycles. The van der Waals surface area contributed by atoms with Gasteiger partial charge in [0.1, 0.15) is 0 Å². The van der Waals surface area contributed by atoms with E-state index < -0.39 is 4.92 Å². The van der Waals surface area contributed by atoms with Crippen LogP contribution in [0.3, 0.4) is 0 Å². The molecule has 128 valence electrons. The number of carbonyl (C=O) groups excluding carboxylic acids is 1. The number of imidazole rings is 1. The van der Waals surface area contributed by atoms with E-state index in [9.17, 15) is 14.9 Å². The molecule has 0 aliphatic heterocycles. The number of pyridine rings is 1. The Hall–Kier alpha value is -3.42. The number of aromatic nitrogens is 2. The van der Waals surface area contributed by atoms with Gasteiger partial charge in [0.2, 0.25) is 0 Å². The largest absolute Gasteiger partial charge is 0.480 e. The number of ether oxygens (including phenoxy) is 1. The van der Waals surface area contributed by atoms with E-state index in [2.05, 4.69) is 10.3 Å². The molecule has 3 rings (SSSR count). The van der Waals surface area contributed by atoms with E-state index in [1.54, 1.807) is 25.1 Å². The highest BCUT2D eigenvalue weighted by Crippen LogP contribution is 2.22. The van der Waals surface area contributed by atoms with Gasteiger partial charge in [0.25, 0.3) is 11.6 Å². The fourth-order valence-electron chi connectivity index (χ4n) is 2.50. The minimum Gasteiger partial charge on any atom is -0.480 e. The number of fused-ring (bicyclic) bond motifs is 1. The number of anilines is 1. The molecule has 3 aromatic rings. The molecule has 2 aromatic heterocycles. The van der Waals surface area contributed by atoms with Crippen LogP contribution in [0.25, 0.3) is 5.65 Å². The molecule has 1 amide bonds. The van der Waals surface area contributed by atoms with Crippen LogP contribution in [0.1, 0.15) is 11.3 Å². The third kappa shape index (κ3) is 3.57. The van der Waals surface area contributed by atoms with Crippen molar-refractivity contribution in [3.63, 3.8) is 0 Å². The predicted molar refractivity (Wildman–Crippen MR) is 91.9 cm³/mol. The molecule has 0 saturated carbocycles. The number of nitrogens with one attached hydrogen (secondary N) is 1. The van der Waals surface area contributed by atoms with Crippen LogP contribution in [0.15, 0.2) is 42.7 Å². The Bertz CT molecular complexity index is 964. The van der Waals surface area contributed by atoms with Crippen molar-refractivity contribution in [3.8, 4) is 5.75 Å². The standard InChI is InChI=1S/C17H16N4O4/c1-11-8-13(5-6-14(11)21(23)24)19-16(22)10-25-15-4-3-7-20-9-12(2)18-17(15)20/h3-9H,10H2,1-2H3,(H,19,22). The van der Waals surface area contributed by atoms with Crippen LogP contribution < -0.4 is 10.1 Å². The van der Waals surface area contributed by atoms with Crippen molar-refractivity contribution in [2.24, 2.45) is 0 Å². The number of amides is 1. The lowest BCUT2D eigenvalue weighted by atomic mass is 10.2. The molecule has 25 heavy (non-hydrogen) atoms. The second kappa shape index (κ2) is 6.60. The molecule has 2 heterocycles. The average Bonchev–Trinajstić information content (AvgIpc) is 2.93. The quantitative estimate of drug-likeness (QED) is 0.569. The first kappa shape index (κ1) is 16.4. The summed E-state index contributed by atoms with van der Waals surface area (Å²) in [5.41, 5.74) is 2.45. The van der Waals surface area contributed by atoms with Crippen molar-refractivity contribution in [1.82, 2.24) is 9.38 Å². The number of rotatable bonds is 5. The van der Waals surface area contributed by atoms with Gasteiger partial charge in [0, 0.05) is 29.7 Å². The molecule has 0 aliphatic carbocycles. The van der Waals surface area contributed by atoms with E-state index in [1.807, 2.05) is 23.7 Å². The summed E-state index contributed by atoms with van der Waals surface area (Å²) < 4.78 is 7.38. The maximum absolute atomic E-state index is 12.1. The Morgan fingerprint density at radius 2 is 2.16 bits per heavy atom. The first-order chi connectivity index (χ1) is 11.9. The Morgan fingerprint density at radius 3 is 2.88 bits per heavy atom. The minimum absolute atomic E-state index is 0.00982. The lowest BCUT2D eigenvalue weighted by Crippen LogP contribution is -2.20. The summed E-state index contributed by atoms with van der Waals surface area (Å²) >= 11 is 0. The lowest BCUT2D eigenvalue weighted by Gasteiger charge is -2.09. The highest BCUT2D eigenvalue weighted by Gasteiger charge is 2.12. The number of carbonyl (C=O) groups is 1. The Labute approximate surface area is 143 Å². The fraction of sp³-hybridized carbons (Fsp3) is 0.176. The molecule has 8 nitrogen and oxygen atoms in total. The Morgan fingerprint density at radius 1 is 1.36 bits per heavy atom. The third-order valence-corrected chi connectivity index (χ3v) is 3.60. The van der Waals surface area contributed by atoms with E-state index >= 15 is 0 Å².